The lowest BCUT2D eigenvalue weighted by Gasteiger charge is -2.33. The van der Waals surface area contributed by atoms with Gasteiger partial charge in [0.2, 0.25) is 5.91 Å². The molecule has 1 aliphatic heterocycles. The second-order valence-corrected chi connectivity index (χ2v) is 7.47. The zero-order valence-corrected chi connectivity index (χ0v) is 15.3. The van der Waals surface area contributed by atoms with Crippen LogP contribution in [0, 0.1) is 17.5 Å². The Labute approximate surface area is 161 Å². The Balaban J connectivity index is 1.51. The fourth-order valence-electron chi connectivity index (χ4n) is 4.15. The molecule has 146 valence electrons. The molecule has 2 aromatic carbocycles. The number of carbonyl (C=O) groups is 1. The Bertz CT molecular complexity index is 957. The number of fused-ring (bicyclic) bond motifs is 1. The highest BCUT2D eigenvalue weighted by Crippen LogP contribution is 2.34. The maximum atomic E-state index is 14.1. The molecule has 6 heteroatoms. The van der Waals surface area contributed by atoms with Gasteiger partial charge in [0.15, 0.2) is 11.6 Å². The molecule has 2 atom stereocenters. The van der Waals surface area contributed by atoms with Gasteiger partial charge in [-0.3, -0.25) is 4.79 Å². The first kappa shape index (κ1) is 18.7. The lowest BCUT2D eigenvalue weighted by atomic mass is 9.80. The summed E-state index contributed by atoms with van der Waals surface area (Å²) >= 11 is 0. The number of allylic oxidation sites excluding steroid dienone is 1. The fraction of sp³-hybridized carbons (Fsp3) is 0.318. The molecule has 2 aliphatic rings. The van der Waals surface area contributed by atoms with Crippen molar-refractivity contribution in [2.45, 2.75) is 37.8 Å². The zero-order chi connectivity index (χ0) is 19.8. The van der Waals surface area contributed by atoms with E-state index in [1.807, 2.05) is 18.2 Å². The van der Waals surface area contributed by atoms with Crippen molar-refractivity contribution in [3.05, 3.63) is 82.2 Å². The predicted molar refractivity (Wildman–Crippen MR) is 99.9 cm³/mol. The molecule has 0 saturated carbocycles. The van der Waals surface area contributed by atoms with Crippen molar-refractivity contribution in [1.82, 2.24) is 4.90 Å². The van der Waals surface area contributed by atoms with Gasteiger partial charge in [-0.2, -0.15) is 0 Å². The minimum absolute atomic E-state index is 0.0565. The minimum atomic E-state index is -1.22. The zero-order valence-electron chi connectivity index (χ0n) is 15.3. The van der Waals surface area contributed by atoms with E-state index in [4.69, 9.17) is 5.73 Å². The highest BCUT2D eigenvalue weighted by Gasteiger charge is 2.32. The molecule has 1 heterocycles. The molecule has 0 bridgehead atoms. The first-order valence-corrected chi connectivity index (χ1v) is 9.39. The quantitative estimate of drug-likeness (QED) is 0.798. The molecule has 0 fully saturated rings. The third-order valence-corrected chi connectivity index (χ3v) is 5.72. The van der Waals surface area contributed by atoms with Gasteiger partial charge in [0.05, 0.1) is 0 Å². The SMILES string of the molecule is N[C@H]1CC(C(=O)N2CCc3ccccc3C2)=CC[C@@H]1c1cc(F)c(F)cc1F. The van der Waals surface area contributed by atoms with Gasteiger partial charge in [-0.1, -0.05) is 30.3 Å². The molecule has 0 radical (unpaired) electrons. The molecule has 1 amide bonds. The van der Waals surface area contributed by atoms with Crippen molar-refractivity contribution in [3.8, 4) is 0 Å². The van der Waals surface area contributed by atoms with Crippen LogP contribution in [0.4, 0.5) is 13.2 Å². The van der Waals surface area contributed by atoms with E-state index in [0.29, 0.717) is 31.1 Å². The molecule has 2 aromatic rings. The summed E-state index contributed by atoms with van der Waals surface area (Å²) in [6.45, 7) is 1.20. The minimum Gasteiger partial charge on any atom is -0.334 e. The van der Waals surface area contributed by atoms with E-state index in [-0.39, 0.29) is 17.9 Å². The Morgan fingerprint density at radius 1 is 1.04 bits per heavy atom. The summed E-state index contributed by atoms with van der Waals surface area (Å²) in [7, 11) is 0. The van der Waals surface area contributed by atoms with E-state index in [1.165, 1.54) is 5.56 Å². The van der Waals surface area contributed by atoms with Crippen LogP contribution >= 0.6 is 0 Å². The first-order chi connectivity index (χ1) is 13.4. The number of hydrogen-bond acceptors (Lipinski definition) is 2. The van der Waals surface area contributed by atoms with Crippen LogP contribution in [0.25, 0.3) is 0 Å². The smallest absolute Gasteiger partial charge is 0.249 e. The summed E-state index contributed by atoms with van der Waals surface area (Å²) in [5.74, 6) is -3.68. The summed E-state index contributed by atoms with van der Waals surface area (Å²) in [6, 6.07) is 8.94. The molecular formula is C22H21F3N2O. The van der Waals surface area contributed by atoms with Crippen molar-refractivity contribution < 1.29 is 18.0 Å². The molecule has 28 heavy (non-hydrogen) atoms. The standard InChI is InChI=1S/C22H21F3N2O/c23-18-11-20(25)19(24)10-17(18)16-6-5-14(9-21(16)26)22(28)27-8-7-13-3-1-2-4-15(13)12-27/h1-5,10-11,16,21H,6-9,12,26H2/t16-,21+/m1/s1. The molecule has 3 nitrogen and oxygen atoms in total. The predicted octanol–water partition coefficient (Wildman–Crippen LogP) is 3.82. The molecular weight excluding hydrogens is 365 g/mol. The number of nitrogens with zero attached hydrogens (tertiary/aromatic N) is 1. The van der Waals surface area contributed by atoms with Crippen molar-refractivity contribution in [1.29, 1.82) is 0 Å². The average molecular weight is 386 g/mol. The Kier molecular flexibility index (Phi) is 4.98. The third-order valence-electron chi connectivity index (χ3n) is 5.72. The van der Waals surface area contributed by atoms with Crippen molar-refractivity contribution in [2.75, 3.05) is 6.54 Å². The molecule has 2 N–H and O–H groups in total. The highest BCUT2D eigenvalue weighted by molar-refractivity contribution is 5.94. The van der Waals surface area contributed by atoms with E-state index in [1.54, 1.807) is 11.0 Å². The molecule has 0 aromatic heterocycles. The number of amides is 1. The molecule has 0 spiro atoms. The van der Waals surface area contributed by atoms with Crippen LogP contribution in [0.1, 0.15) is 35.4 Å². The third kappa shape index (κ3) is 3.44. The normalized spacial score (nSPS) is 21.9. The summed E-state index contributed by atoms with van der Waals surface area (Å²) in [5, 5.41) is 0. The van der Waals surface area contributed by atoms with Gasteiger partial charge in [-0.25, -0.2) is 13.2 Å². The van der Waals surface area contributed by atoms with Crippen LogP contribution in [0.3, 0.4) is 0 Å². The molecule has 0 unspecified atom stereocenters. The fourth-order valence-corrected chi connectivity index (χ4v) is 4.15. The van der Waals surface area contributed by atoms with Crippen LogP contribution in [0.2, 0.25) is 0 Å². The van der Waals surface area contributed by atoms with Crippen molar-refractivity contribution in [3.63, 3.8) is 0 Å². The van der Waals surface area contributed by atoms with Crippen molar-refractivity contribution >= 4 is 5.91 Å². The van der Waals surface area contributed by atoms with Crippen molar-refractivity contribution in [2.24, 2.45) is 5.73 Å². The summed E-state index contributed by atoms with van der Waals surface area (Å²) < 4.78 is 40.9. The van der Waals surface area contributed by atoms with Gasteiger partial charge in [0.25, 0.3) is 0 Å². The van der Waals surface area contributed by atoms with E-state index in [0.717, 1.165) is 18.1 Å². The molecule has 0 saturated heterocycles. The van der Waals surface area contributed by atoms with Gasteiger partial charge in [-0.05, 0) is 42.0 Å². The topological polar surface area (TPSA) is 46.3 Å². The lowest BCUT2D eigenvalue weighted by molar-refractivity contribution is -0.128. The van der Waals surface area contributed by atoms with Gasteiger partial charge < -0.3 is 10.6 Å². The van der Waals surface area contributed by atoms with Gasteiger partial charge >= 0.3 is 0 Å². The number of rotatable bonds is 2. The summed E-state index contributed by atoms with van der Waals surface area (Å²) in [4.78, 5) is 14.7. The van der Waals surface area contributed by atoms with Crippen LogP contribution in [-0.4, -0.2) is 23.4 Å². The van der Waals surface area contributed by atoms with E-state index >= 15 is 0 Å². The lowest BCUT2D eigenvalue weighted by Crippen LogP contribution is -2.40. The number of nitrogens with two attached hydrogens (primary N) is 1. The largest absolute Gasteiger partial charge is 0.334 e. The molecule has 1 aliphatic carbocycles. The van der Waals surface area contributed by atoms with Crippen LogP contribution in [0.5, 0.6) is 0 Å². The van der Waals surface area contributed by atoms with Crippen LogP contribution < -0.4 is 5.73 Å². The molecule has 4 rings (SSSR count). The second-order valence-electron chi connectivity index (χ2n) is 7.47. The number of hydrogen-bond donors (Lipinski definition) is 1. The number of halogens is 3. The van der Waals surface area contributed by atoms with E-state index in [9.17, 15) is 18.0 Å². The van der Waals surface area contributed by atoms with Crippen LogP contribution in [0.15, 0.2) is 48.0 Å². The number of benzene rings is 2. The Morgan fingerprint density at radius 3 is 2.50 bits per heavy atom. The second kappa shape index (κ2) is 7.43. The number of carbonyl (C=O) groups excluding carboxylic acids is 1. The Morgan fingerprint density at radius 2 is 1.75 bits per heavy atom. The van der Waals surface area contributed by atoms with Gasteiger partial charge in [-0.15, -0.1) is 0 Å². The summed E-state index contributed by atoms with van der Waals surface area (Å²) in [6.07, 6.45) is 3.16. The van der Waals surface area contributed by atoms with Crippen LogP contribution in [-0.2, 0) is 17.8 Å². The monoisotopic (exact) mass is 386 g/mol. The highest BCUT2D eigenvalue weighted by atomic mass is 19.2. The maximum Gasteiger partial charge on any atom is 0.249 e. The average Bonchev–Trinajstić information content (AvgIpc) is 2.70. The summed E-state index contributed by atoms with van der Waals surface area (Å²) in [5.41, 5.74) is 9.27. The van der Waals surface area contributed by atoms with Gasteiger partial charge in [0.1, 0.15) is 5.82 Å². The Hall–Kier alpha value is -2.60. The first-order valence-electron chi connectivity index (χ1n) is 9.39. The van der Waals surface area contributed by atoms with Gasteiger partial charge in [0, 0.05) is 36.7 Å². The van der Waals surface area contributed by atoms with E-state index < -0.39 is 29.4 Å². The maximum absolute atomic E-state index is 14.1. The van der Waals surface area contributed by atoms with E-state index in [2.05, 4.69) is 6.07 Å².